The van der Waals surface area contributed by atoms with Crippen molar-refractivity contribution in [3.05, 3.63) is 0 Å². The second kappa shape index (κ2) is 4.80. The number of carboxylic acid groups (broad SMARTS) is 1. The normalized spacial score (nSPS) is 39.7. The van der Waals surface area contributed by atoms with E-state index in [2.05, 4.69) is 5.32 Å². The largest absolute Gasteiger partial charge is 0.481 e. The maximum atomic E-state index is 12.2. The van der Waals surface area contributed by atoms with Crippen LogP contribution < -0.4 is 5.32 Å². The molecule has 0 aromatic carbocycles. The molecule has 0 radical (unpaired) electrons. The van der Waals surface area contributed by atoms with Crippen LogP contribution in [0.4, 0.5) is 0 Å². The van der Waals surface area contributed by atoms with E-state index in [-0.39, 0.29) is 24.3 Å². The molecule has 5 atom stereocenters. The zero-order valence-electron chi connectivity index (χ0n) is 11.5. The Hall–Kier alpha value is -1.06. The smallest absolute Gasteiger partial charge is 0.303 e. The molecule has 0 aliphatic heterocycles. The number of amides is 1. The molecule has 2 bridgehead atoms. The Kier molecular flexibility index (Phi) is 3.27. The second-order valence-corrected chi connectivity index (χ2v) is 6.71. The number of rotatable bonds is 6. The predicted octanol–water partition coefficient (Wildman–Crippen LogP) is 2.04. The summed E-state index contributed by atoms with van der Waals surface area (Å²) in [5.74, 6) is 2.78. The lowest BCUT2D eigenvalue weighted by Gasteiger charge is -2.15. The van der Waals surface area contributed by atoms with Crippen molar-refractivity contribution in [3.8, 4) is 0 Å². The fourth-order valence-corrected chi connectivity index (χ4v) is 4.65. The van der Waals surface area contributed by atoms with Gasteiger partial charge < -0.3 is 10.4 Å². The third-order valence-corrected chi connectivity index (χ3v) is 5.45. The van der Waals surface area contributed by atoms with E-state index < -0.39 is 5.97 Å². The van der Waals surface area contributed by atoms with Crippen LogP contribution in [-0.2, 0) is 9.59 Å². The van der Waals surface area contributed by atoms with Crippen molar-refractivity contribution in [1.29, 1.82) is 0 Å². The molecule has 3 saturated carbocycles. The molecule has 5 unspecified atom stereocenters. The van der Waals surface area contributed by atoms with E-state index in [1.165, 1.54) is 19.3 Å². The number of carbonyl (C=O) groups is 2. The number of nitrogens with one attached hydrogen (secondary N) is 1. The Morgan fingerprint density at radius 3 is 2.47 bits per heavy atom. The highest BCUT2D eigenvalue weighted by Crippen LogP contribution is 2.69. The molecule has 0 saturated heterocycles. The fraction of sp³-hybridized carbons (Fsp3) is 0.867. The zero-order valence-corrected chi connectivity index (χ0v) is 11.5. The summed E-state index contributed by atoms with van der Waals surface area (Å²) in [6, 6.07) is 0.103. The monoisotopic (exact) mass is 265 g/mol. The number of fused-ring (bicyclic) bond motifs is 5. The van der Waals surface area contributed by atoms with Gasteiger partial charge in [0.1, 0.15) is 0 Å². The summed E-state index contributed by atoms with van der Waals surface area (Å²) < 4.78 is 0. The molecular weight excluding hydrogens is 242 g/mol. The highest BCUT2D eigenvalue weighted by molar-refractivity contribution is 5.83. The Morgan fingerprint density at radius 2 is 1.89 bits per heavy atom. The average Bonchev–Trinajstić information content (AvgIpc) is 2.78. The first kappa shape index (κ1) is 12.9. The lowest BCUT2D eigenvalue weighted by atomic mass is 10.0. The van der Waals surface area contributed by atoms with Gasteiger partial charge in [-0.1, -0.05) is 0 Å². The molecule has 0 spiro atoms. The van der Waals surface area contributed by atoms with Crippen molar-refractivity contribution in [1.82, 2.24) is 5.32 Å². The summed E-state index contributed by atoms with van der Waals surface area (Å²) in [7, 11) is 0. The zero-order chi connectivity index (χ0) is 13.6. The van der Waals surface area contributed by atoms with Crippen LogP contribution in [0, 0.1) is 29.6 Å². The number of carboxylic acids is 1. The molecule has 3 aliphatic rings. The van der Waals surface area contributed by atoms with E-state index in [1.54, 1.807) is 0 Å². The van der Waals surface area contributed by atoms with Crippen LogP contribution in [0.3, 0.4) is 0 Å². The number of hydrogen-bond acceptors (Lipinski definition) is 2. The molecule has 4 heteroatoms. The first-order chi connectivity index (χ1) is 9.08. The Bertz CT molecular complexity index is 379. The van der Waals surface area contributed by atoms with E-state index in [1.807, 2.05) is 6.92 Å². The molecule has 0 aromatic heterocycles. The molecule has 19 heavy (non-hydrogen) atoms. The topological polar surface area (TPSA) is 66.4 Å². The lowest BCUT2D eigenvalue weighted by molar-refractivity contribution is -0.137. The van der Waals surface area contributed by atoms with Gasteiger partial charge in [-0.2, -0.15) is 0 Å². The second-order valence-electron chi connectivity index (χ2n) is 6.71. The Morgan fingerprint density at radius 1 is 1.26 bits per heavy atom. The van der Waals surface area contributed by atoms with Crippen LogP contribution in [0.15, 0.2) is 0 Å². The van der Waals surface area contributed by atoms with Crippen molar-refractivity contribution < 1.29 is 14.7 Å². The first-order valence-corrected chi connectivity index (χ1v) is 7.60. The van der Waals surface area contributed by atoms with Crippen molar-refractivity contribution in [2.45, 2.75) is 51.5 Å². The minimum Gasteiger partial charge on any atom is -0.481 e. The molecule has 1 amide bonds. The van der Waals surface area contributed by atoms with E-state index in [0.717, 1.165) is 18.3 Å². The maximum Gasteiger partial charge on any atom is 0.303 e. The average molecular weight is 265 g/mol. The molecule has 0 heterocycles. The van der Waals surface area contributed by atoms with Crippen molar-refractivity contribution in [3.63, 3.8) is 0 Å². The van der Waals surface area contributed by atoms with Gasteiger partial charge in [-0.05, 0) is 62.7 Å². The molecule has 0 aromatic rings. The molecule has 4 nitrogen and oxygen atoms in total. The van der Waals surface area contributed by atoms with Crippen LogP contribution >= 0.6 is 0 Å². The van der Waals surface area contributed by atoms with Crippen molar-refractivity contribution in [2.24, 2.45) is 29.6 Å². The molecule has 2 N–H and O–H groups in total. The summed E-state index contributed by atoms with van der Waals surface area (Å²) >= 11 is 0. The summed E-state index contributed by atoms with van der Waals surface area (Å²) in [6.45, 7) is 1.98. The van der Waals surface area contributed by atoms with E-state index in [0.29, 0.717) is 18.3 Å². The SMILES string of the molecule is CC(CCCC(=O)O)NC(=O)C1C2C3CCC(C3)C12. The number of hydrogen-bond donors (Lipinski definition) is 2. The molecule has 3 aliphatic carbocycles. The van der Waals surface area contributed by atoms with Gasteiger partial charge in [0.15, 0.2) is 0 Å². The lowest BCUT2D eigenvalue weighted by Crippen LogP contribution is -2.35. The van der Waals surface area contributed by atoms with E-state index in [9.17, 15) is 9.59 Å². The van der Waals surface area contributed by atoms with E-state index in [4.69, 9.17) is 5.11 Å². The van der Waals surface area contributed by atoms with Crippen molar-refractivity contribution in [2.75, 3.05) is 0 Å². The van der Waals surface area contributed by atoms with Gasteiger partial charge in [-0.3, -0.25) is 9.59 Å². The predicted molar refractivity (Wildman–Crippen MR) is 70.4 cm³/mol. The minimum atomic E-state index is -0.758. The van der Waals surface area contributed by atoms with Gasteiger partial charge in [-0.25, -0.2) is 0 Å². The van der Waals surface area contributed by atoms with Crippen LogP contribution in [0.5, 0.6) is 0 Å². The van der Waals surface area contributed by atoms with Gasteiger partial charge in [0, 0.05) is 18.4 Å². The minimum absolute atomic E-state index is 0.103. The quantitative estimate of drug-likeness (QED) is 0.772. The van der Waals surface area contributed by atoms with Crippen LogP contribution in [0.2, 0.25) is 0 Å². The van der Waals surface area contributed by atoms with Gasteiger partial charge in [-0.15, -0.1) is 0 Å². The maximum absolute atomic E-state index is 12.2. The summed E-state index contributed by atoms with van der Waals surface area (Å²) in [4.78, 5) is 22.7. The first-order valence-electron chi connectivity index (χ1n) is 7.60. The Balaban J connectivity index is 1.42. The third kappa shape index (κ3) is 2.37. The molecule has 106 valence electrons. The molecular formula is C15H23NO3. The Labute approximate surface area is 113 Å². The third-order valence-electron chi connectivity index (χ3n) is 5.45. The molecule has 3 fully saturated rings. The highest BCUT2D eigenvalue weighted by Gasteiger charge is 2.67. The fourth-order valence-electron chi connectivity index (χ4n) is 4.65. The van der Waals surface area contributed by atoms with Crippen LogP contribution in [-0.4, -0.2) is 23.0 Å². The number of aliphatic carboxylic acids is 1. The highest BCUT2D eigenvalue weighted by atomic mass is 16.4. The van der Waals surface area contributed by atoms with Crippen LogP contribution in [0.1, 0.15) is 45.4 Å². The van der Waals surface area contributed by atoms with Gasteiger partial charge in [0.25, 0.3) is 0 Å². The summed E-state index contributed by atoms with van der Waals surface area (Å²) in [5, 5.41) is 11.7. The molecule has 3 rings (SSSR count). The van der Waals surface area contributed by atoms with E-state index >= 15 is 0 Å². The standard InChI is InChI=1S/C15H23NO3/c1-8(3-2-4-11(17)18)16-15(19)14-12-9-5-6-10(7-9)13(12)14/h8-10,12-14H,2-7H2,1H3,(H,16,19)(H,17,18). The summed E-state index contributed by atoms with van der Waals surface area (Å²) in [6.07, 6.45) is 5.63. The summed E-state index contributed by atoms with van der Waals surface area (Å²) in [5.41, 5.74) is 0. The number of carbonyl (C=O) groups excluding carboxylic acids is 1. The van der Waals surface area contributed by atoms with Crippen LogP contribution in [0.25, 0.3) is 0 Å². The van der Waals surface area contributed by atoms with Crippen molar-refractivity contribution >= 4 is 11.9 Å². The van der Waals surface area contributed by atoms with Gasteiger partial charge in [0.2, 0.25) is 5.91 Å². The van der Waals surface area contributed by atoms with Gasteiger partial charge in [0.05, 0.1) is 0 Å². The van der Waals surface area contributed by atoms with Gasteiger partial charge >= 0.3 is 5.97 Å².